The number of likely N-dealkylation sites (N-methyl/N-ethyl adjacent to an activating group) is 1. The number of rotatable bonds is 5. The van der Waals surface area contributed by atoms with Crippen LogP contribution < -0.4 is 10.2 Å². The van der Waals surface area contributed by atoms with Gasteiger partial charge in [-0.1, -0.05) is 19.1 Å². The van der Waals surface area contributed by atoms with E-state index in [1.807, 2.05) is 0 Å². The van der Waals surface area contributed by atoms with E-state index >= 15 is 0 Å². The van der Waals surface area contributed by atoms with Crippen molar-refractivity contribution in [2.75, 3.05) is 38.1 Å². The van der Waals surface area contributed by atoms with Gasteiger partial charge in [0, 0.05) is 37.9 Å². The molecule has 1 aromatic carbocycles. The molecule has 0 radical (unpaired) electrons. The van der Waals surface area contributed by atoms with Crippen LogP contribution in [0.4, 0.5) is 5.69 Å². The molecule has 1 aliphatic heterocycles. The zero-order valence-electron chi connectivity index (χ0n) is 13.4. The standard InChI is InChI=1S/C17H29N3/c1-5-8-18-12-16-6-7-17(14(2)11-16)20-10-9-19(4)13-15(20)3/h6-7,11,15,18H,5,8-10,12-13H2,1-4H3. The van der Waals surface area contributed by atoms with Crippen molar-refractivity contribution in [3.05, 3.63) is 29.3 Å². The van der Waals surface area contributed by atoms with Crippen molar-refractivity contribution in [2.24, 2.45) is 0 Å². The second-order valence-electron chi connectivity index (χ2n) is 6.10. The minimum atomic E-state index is 0.594. The maximum Gasteiger partial charge on any atom is 0.0399 e. The van der Waals surface area contributed by atoms with Gasteiger partial charge in [0.2, 0.25) is 0 Å². The lowest BCUT2D eigenvalue weighted by Gasteiger charge is -2.40. The van der Waals surface area contributed by atoms with Crippen LogP contribution in [0.1, 0.15) is 31.4 Å². The van der Waals surface area contributed by atoms with Crippen LogP contribution in [-0.4, -0.2) is 44.2 Å². The molecule has 1 N–H and O–H groups in total. The first-order chi connectivity index (χ1) is 9.61. The first-order valence-electron chi connectivity index (χ1n) is 7.87. The second kappa shape index (κ2) is 7.09. The third-order valence-electron chi connectivity index (χ3n) is 4.16. The number of hydrogen-bond acceptors (Lipinski definition) is 3. The molecule has 1 aliphatic rings. The fraction of sp³-hybridized carbons (Fsp3) is 0.647. The summed E-state index contributed by atoms with van der Waals surface area (Å²) in [5.41, 5.74) is 4.20. The molecule has 1 unspecified atom stereocenters. The van der Waals surface area contributed by atoms with E-state index in [1.165, 1.54) is 23.2 Å². The van der Waals surface area contributed by atoms with Crippen molar-refractivity contribution < 1.29 is 0 Å². The SMILES string of the molecule is CCCNCc1ccc(N2CCN(C)CC2C)c(C)c1. The third kappa shape index (κ3) is 3.74. The highest BCUT2D eigenvalue weighted by Crippen LogP contribution is 2.25. The van der Waals surface area contributed by atoms with Gasteiger partial charge < -0.3 is 15.1 Å². The van der Waals surface area contributed by atoms with E-state index < -0.39 is 0 Å². The molecule has 0 aromatic heterocycles. The zero-order chi connectivity index (χ0) is 14.5. The summed E-state index contributed by atoms with van der Waals surface area (Å²) in [7, 11) is 2.21. The molecule has 1 atom stereocenters. The normalized spacial score (nSPS) is 20.4. The van der Waals surface area contributed by atoms with Crippen LogP contribution >= 0.6 is 0 Å². The second-order valence-corrected chi connectivity index (χ2v) is 6.10. The van der Waals surface area contributed by atoms with E-state index in [1.54, 1.807) is 0 Å². The number of hydrogen-bond donors (Lipinski definition) is 1. The highest BCUT2D eigenvalue weighted by molar-refractivity contribution is 5.55. The number of aryl methyl sites for hydroxylation is 1. The maximum atomic E-state index is 3.47. The lowest BCUT2D eigenvalue weighted by atomic mass is 10.1. The number of benzene rings is 1. The van der Waals surface area contributed by atoms with Crippen molar-refractivity contribution in [1.29, 1.82) is 0 Å². The van der Waals surface area contributed by atoms with Gasteiger partial charge in [0.25, 0.3) is 0 Å². The van der Waals surface area contributed by atoms with Gasteiger partial charge in [-0.05, 0) is 51.1 Å². The molecule has 3 heteroatoms. The Morgan fingerprint density at radius 3 is 2.75 bits per heavy atom. The van der Waals surface area contributed by atoms with Crippen molar-refractivity contribution >= 4 is 5.69 Å². The number of anilines is 1. The average Bonchev–Trinajstić information content (AvgIpc) is 2.40. The van der Waals surface area contributed by atoms with E-state index in [9.17, 15) is 0 Å². The fourth-order valence-corrected chi connectivity index (χ4v) is 3.06. The van der Waals surface area contributed by atoms with Gasteiger partial charge in [0.1, 0.15) is 0 Å². The monoisotopic (exact) mass is 275 g/mol. The van der Waals surface area contributed by atoms with Gasteiger partial charge >= 0.3 is 0 Å². The van der Waals surface area contributed by atoms with E-state index in [4.69, 9.17) is 0 Å². The summed E-state index contributed by atoms with van der Waals surface area (Å²) in [4.78, 5) is 4.97. The molecule has 3 nitrogen and oxygen atoms in total. The molecule has 112 valence electrons. The van der Waals surface area contributed by atoms with E-state index in [2.05, 4.69) is 61.1 Å². The Hall–Kier alpha value is -1.06. The minimum Gasteiger partial charge on any atom is -0.366 e. The number of nitrogens with zero attached hydrogens (tertiary/aromatic N) is 2. The fourth-order valence-electron chi connectivity index (χ4n) is 3.06. The number of piperazine rings is 1. The van der Waals surface area contributed by atoms with Crippen molar-refractivity contribution in [3.63, 3.8) is 0 Å². The van der Waals surface area contributed by atoms with Gasteiger partial charge in [-0.2, -0.15) is 0 Å². The minimum absolute atomic E-state index is 0.594. The Morgan fingerprint density at radius 1 is 1.30 bits per heavy atom. The maximum absolute atomic E-state index is 3.47. The van der Waals surface area contributed by atoms with Gasteiger partial charge in [-0.25, -0.2) is 0 Å². The molecule has 0 spiro atoms. The molecule has 0 aliphatic carbocycles. The van der Waals surface area contributed by atoms with Crippen LogP contribution in [0, 0.1) is 6.92 Å². The Bertz CT molecular complexity index is 430. The van der Waals surface area contributed by atoms with Crippen LogP contribution in [0.5, 0.6) is 0 Å². The smallest absolute Gasteiger partial charge is 0.0399 e. The van der Waals surface area contributed by atoms with Crippen molar-refractivity contribution in [3.8, 4) is 0 Å². The van der Waals surface area contributed by atoms with Gasteiger partial charge in [0.15, 0.2) is 0 Å². The predicted molar refractivity (Wildman–Crippen MR) is 87.5 cm³/mol. The van der Waals surface area contributed by atoms with Crippen LogP contribution in [0.15, 0.2) is 18.2 Å². The lowest BCUT2D eigenvalue weighted by Crippen LogP contribution is -2.50. The molecule has 20 heavy (non-hydrogen) atoms. The average molecular weight is 275 g/mol. The molecule has 0 saturated carbocycles. The summed E-state index contributed by atoms with van der Waals surface area (Å²) in [5, 5.41) is 3.47. The molecule has 0 bridgehead atoms. The van der Waals surface area contributed by atoms with E-state index in [0.717, 1.165) is 32.7 Å². The Balaban J connectivity index is 2.05. The first kappa shape index (κ1) is 15.3. The molecule has 2 rings (SSSR count). The number of nitrogens with one attached hydrogen (secondary N) is 1. The Morgan fingerprint density at radius 2 is 2.10 bits per heavy atom. The first-order valence-corrected chi connectivity index (χ1v) is 7.87. The van der Waals surface area contributed by atoms with Crippen LogP contribution in [-0.2, 0) is 6.54 Å². The highest BCUT2D eigenvalue weighted by Gasteiger charge is 2.22. The van der Waals surface area contributed by atoms with Crippen LogP contribution in [0.3, 0.4) is 0 Å². The summed E-state index contributed by atoms with van der Waals surface area (Å²) in [6, 6.07) is 7.51. The molecule has 0 amide bonds. The lowest BCUT2D eigenvalue weighted by molar-refractivity contribution is 0.275. The third-order valence-corrected chi connectivity index (χ3v) is 4.16. The quantitative estimate of drug-likeness (QED) is 0.834. The van der Waals surface area contributed by atoms with Gasteiger partial charge in [-0.3, -0.25) is 0 Å². The molecule has 1 saturated heterocycles. The molecule has 1 fully saturated rings. The van der Waals surface area contributed by atoms with Crippen LogP contribution in [0.2, 0.25) is 0 Å². The summed E-state index contributed by atoms with van der Waals surface area (Å²) in [6.07, 6.45) is 1.19. The van der Waals surface area contributed by atoms with E-state index in [0.29, 0.717) is 6.04 Å². The summed E-state index contributed by atoms with van der Waals surface area (Å²) in [5.74, 6) is 0. The summed E-state index contributed by atoms with van der Waals surface area (Å²) in [6.45, 7) is 12.3. The molecular weight excluding hydrogens is 246 g/mol. The van der Waals surface area contributed by atoms with Gasteiger partial charge in [-0.15, -0.1) is 0 Å². The Kier molecular flexibility index (Phi) is 5.44. The van der Waals surface area contributed by atoms with Crippen molar-refractivity contribution in [2.45, 2.75) is 39.8 Å². The highest BCUT2D eigenvalue weighted by atomic mass is 15.3. The summed E-state index contributed by atoms with van der Waals surface area (Å²) >= 11 is 0. The topological polar surface area (TPSA) is 18.5 Å². The molecular formula is C17H29N3. The summed E-state index contributed by atoms with van der Waals surface area (Å²) < 4.78 is 0. The zero-order valence-corrected chi connectivity index (χ0v) is 13.4. The van der Waals surface area contributed by atoms with E-state index in [-0.39, 0.29) is 0 Å². The van der Waals surface area contributed by atoms with Gasteiger partial charge in [0.05, 0.1) is 0 Å². The van der Waals surface area contributed by atoms with Crippen LogP contribution in [0.25, 0.3) is 0 Å². The molecule has 1 heterocycles. The predicted octanol–water partition coefficient (Wildman–Crippen LogP) is 2.63. The largest absolute Gasteiger partial charge is 0.366 e. The Labute approximate surface area is 124 Å². The molecule has 1 aromatic rings. The van der Waals surface area contributed by atoms with Crippen molar-refractivity contribution in [1.82, 2.24) is 10.2 Å².